The van der Waals surface area contributed by atoms with Gasteiger partial charge in [-0.05, 0) is 24.4 Å². The van der Waals surface area contributed by atoms with E-state index in [9.17, 15) is 4.79 Å². The van der Waals surface area contributed by atoms with Gasteiger partial charge in [0.15, 0.2) is 17.3 Å². The van der Waals surface area contributed by atoms with E-state index in [0.29, 0.717) is 5.82 Å². The summed E-state index contributed by atoms with van der Waals surface area (Å²) >= 11 is 8.55. The molecule has 0 saturated carbocycles. The summed E-state index contributed by atoms with van der Waals surface area (Å²) in [4.78, 5) is 11.4. The van der Waals surface area contributed by atoms with Gasteiger partial charge in [-0.15, -0.1) is 0 Å². The van der Waals surface area contributed by atoms with E-state index in [1.165, 1.54) is 10.9 Å². The molecule has 0 radical (unpaired) electrons. The van der Waals surface area contributed by atoms with Crippen molar-refractivity contribution in [3.8, 4) is 17.1 Å². The van der Waals surface area contributed by atoms with Crippen LogP contribution in [0.5, 0.6) is 5.75 Å². The molecule has 3 aromatic rings. The fraction of sp³-hybridized carbons (Fsp3) is 0. The maximum Gasteiger partial charge on any atom is 0.227 e. The predicted molar refractivity (Wildman–Crippen MR) is 90.2 cm³/mol. The van der Waals surface area contributed by atoms with Gasteiger partial charge in [-0.25, -0.2) is 5.10 Å². The minimum absolute atomic E-state index is 0.177. The number of halogens is 1. The van der Waals surface area contributed by atoms with Gasteiger partial charge in [0, 0.05) is 16.1 Å². The van der Waals surface area contributed by atoms with E-state index in [1.54, 1.807) is 0 Å². The second kappa shape index (κ2) is 6.31. The molecule has 0 bridgehead atoms. The van der Waals surface area contributed by atoms with E-state index in [0.717, 1.165) is 22.4 Å². The van der Waals surface area contributed by atoms with E-state index >= 15 is 0 Å². The van der Waals surface area contributed by atoms with Crippen molar-refractivity contribution in [3.05, 3.63) is 61.8 Å². The lowest BCUT2D eigenvalue weighted by molar-refractivity contribution is 0.427. The summed E-state index contributed by atoms with van der Waals surface area (Å²) in [5, 5.41) is 20.2. The monoisotopic (exact) mass is 392 g/mol. The molecular formula is C14H9BrN4O3S. The summed E-state index contributed by atoms with van der Waals surface area (Å²) in [6.07, 6.45) is 2.27. The third-order valence-electron chi connectivity index (χ3n) is 2.87. The van der Waals surface area contributed by atoms with Crippen molar-refractivity contribution in [2.24, 2.45) is 5.10 Å². The highest BCUT2D eigenvalue weighted by atomic mass is 79.9. The first-order valence-electron chi connectivity index (χ1n) is 6.34. The molecule has 2 heterocycles. The molecule has 0 aliphatic carbocycles. The van der Waals surface area contributed by atoms with Crippen LogP contribution in [0.4, 0.5) is 0 Å². The van der Waals surface area contributed by atoms with Crippen LogP contribution >= 0.6 is 28.1 Å². The molecule has 0 unspecified atom stereocenters. The number of aromatic nitrogens is 3. The number of hydrogen-bond donors (Lipinski definition) is 2. The molecule has 23 heavy (non-hydrogen) atoms. The number of nitrogens with zero attached hydrogens (tertiary/aromatic N) is 3. The smallest absolute Gasteiger partial charge is 0.227 e. The van der Waals surface area contributed by atoms with Crippen molar-refractivity contribution in [1.82, 2.24) is 14.9 Å². The van der Waals surface area contributed by atoms with Crippen molar-refractivity contribution < 1.29 is 9.52 Å². The highest BCUT2D eigenvalue weighted by molar-refractivity contribution is 9.10. The molecule has 0 aliphatic heterocycles. The maximum atomic E-state index is 11.4. The zero-order chi connectivity index (χ0) is 16.4. The number of nitrogens with one attached hydrogen (secondary N) is 1. The minimum atomic E-state index is -0.555. The van der Waals surface area contributed by atoms with Gasteiger partial charge in [-0.2, -0.15) is 14.9 Å². The van der Waals surface area contributed by atoms with Gasteiger partial charge >= 0.3 is 0 Å². The van der Waals surface area contributed by atoms with Crippen LogP contribution in [0.15, 0.2) is 55.4 Å². The van der Waals surface area contributed by atoms with Crippen LogP contribution in [0.1, 0.15) is 5.76 Å². The van der Waals surface area contributed by atoms with Crippen molar-refractivity contribution >= 4 is 34.4 Å². The Bertz CT molecular complexity index is 1010. The average Bonchev–Trinajstić information content (AvgIpc) is 2.89. The predicted octanol–water partition coefficient (Wildman–Crippen LogP) is 2.91. The van der Waals surface area contributed by atoms with E-state index in [4.69, 9.17) is 21.7 Å². The molecular weight excluding hydrogens is 384 g/mol. The quantitative estimate of drug-likeness (QED) is 0.527. The standard InChI is InChI=1S/C14H9BrN4O3S/c15-9-3-1-2-8(4-9)13-17-18-14(23)19(13)16-6-10-5-11(20)12(21)7-22-10/h1-7,21H,(H,18,23). The highest BCUT2D eigenvalue weighted by Crippen LogP contribution is 2.21. The summed E-state index contributed by atoms with van der Waals surface area (Å²) in [5.41, 5.74) is 0.247. The number of rotatable bonds is 3. The van der Waals surface area contributed by atoms with Gasteiger partial charge in [0.2, 0.25) is 10.2 Å². The lowest BCUT2D eigenvalue weighted by Gasteiger charge is -2.01. The topological polar surface area (TPSA) is 96.4 Å². The molecule has 3 rings (SSSR count). The van der Waals surface area contributed by atoms with Crippen molar-refractivity contribution in [2.75, 3.05) is 0 Å². The van der Waals surface area contributed by atoms with Gasteiger partial charge < -0.3 is 9.52 Å². The molecule has 9 heteroatoms. The Morgan fingerprint density at radius 2 is 2.26 bits per heavy atom. The van der Waals surface area contributed by atoms with Crippen LogP contribution < -0.4 is 5.43 Å². The SMILES string of the molecule is O=c1cc(C=Nn2c(-c3cccc(Br)c3)n[nH]c2=S)occ1O. The number of aromatic amines is 1. The number of aromatic hydroxyl groups is 1. The van der Waals surface area contributed by atoms with Gasteiger partial charge in [0.25, 0.3) is 0 Å². The summed E-state index contributed by atoms with van der Waals surface area (Å²) in [6, 6.07) is 8.62. The van der Waals surface area contributed by atoms with Gasteiger partial charge in [0.1, 0.15) is 6.26 Å². The van der Waals surface area contributed by atoms with Crippen LogP contribution in [-0.4, -0.2) is 26.2 Å². The lowest BCUT2D eigenvalue weighted by atomic mass is 10.2. The Balaban J connectivity index is 2.02. The normalized spacial score (nSPS) is 11.2. The van der Waals surface area contributed by atoms with E-state index in [1.807, 2.05) is 24.3 Å². The lowest BCUT2D eigenvalue weighted by Crippen LogP contribution is -2.00. The second-order valence-electron chi connectivity index (χ2n) is 4.45. The molecule has 0 fully saturated rings. The number of hydrogen-bond acceptors (Lipinski definition) is 6. The van der Waals surface area contributed by atoms with Gasteiger partial charge in [-0.3, -0.25) is 4.79 Å². The third-order valence-corrected chi connectivity index (χ3v) is 3.62. The van der Waals surface area contributed by atoms with Crippen LogP contribution in [0.2, 0.25) is 0 Å². The summed E-state index contributed by atoms with van der Waals surface area (Å²) < 4.78 is 7.65. The molecule has 0 aliphatic rings. The largest absolute Gasteiger partial charge is 0.502 e. The Hall–Kier alpha value is -2.52. The Labute approximate surface area is 143 Å². The van der Waals surface area contributed by atoms with Gasteiger partial charge in [-0.1, -0.05) is 28.1 Å². The van der Waals surface area contributed by atoms with Gasteiger partial charge in [0.05, 0.1) is 6.21 Å². The third kappa shape index (κ3) is 3.30. The number of H-pyrrole nitrogens is 1. The molecule has 7 nitrogen and oxygen atoms in total. The summed E-state index contributed by atoms with van der Waals surface area (Å²) in [7, 11) is 0. The average molecular weight is 393 g/mol. The van der Waals surface area contributed by atoms with E-state index < -0.39 is 11.2 Å². The fourth-order valence-corrected chi connectivity index (χ4v) is 2.39. The van der Waals surface area contributed by atoms with E-state index in [-0.39, 0.29) is 10.5 Å². The Morgan fingerprint density at radius 1 is 1.43 bits per heavy atom. The first-order valence-corrected chi connectivity index (χ1v) is 7.54. The first-order chi connectivity index (χ1) is 11.0. The summed E-state index contributed by atoms with van der Waals surface area (Å²) in [5.74, 6) is 0.224. The number of benzene rings is 1. The molecule has 2 aromatic heterocycles. The van der Waals surface area contributed by atoms with E-state index in [2.05, 4.69) is 31.2 Å². The molecule has 0 atom stereocenters. The first kappa shape index (κ1) is 15.4. The Morgan fingerprint density at radius 3 is 3.00 bits per heavy atom. The highest BCUT2D eigenvalue weighted by Gasteiger charge is 2.08. The van der Waals surface area contributed by atoms with Crippen LogP contribution in [-0.2, 0) is 0 Å². The molecule has 0 saturated heterocycles. The Kier molecular flexibility index (Phi) is 4.22. The molecule has 116 valence electrons. The van der Waals surface area contributed by atoms with Crippen LogP contribution in [0, 0.1) is 4.77 Å². The van der Waals surface area contributed by atoms with Crippen LogP contribution in [0.3, 0.4) is 0 Å². The van der Waals surface area contributed by atoms with Crippen molar-refractivity contribution in [3.63, 3.8) is 0 Å². The minimum Gasteiger partial charge on any atom is -0.502 e. The van der Waals surface area contributed by atoms with Crippen LogP contribution in [0.25, 0.3) is 11.4 Å². The summed E-state index contributed by atoms with van der Waals surface area (Å²) in [6.45, 7) is 0. The molecule has 2 N–H and O–H groups in total. The fourth-order valence-electron chi connectivity index (χ4n) is 1.81. The maximum absolute atomic E-state index is 11.4. The molecule has 0 spiro atoms. The van der Waals surface area contributed by atoms with Crippen molar-refractivity contribution in [2.45, 2.75) is 0 Å². The molecule has 0 amide bonds. The second-order valence-corrected chi connectivity index (χ2v) is 5.75. The zero-order valence-electron chi connectivity index (χ0n) is 11.4. The van der Waals surface area contributed by atoms with Crippen molar-refractivity contribution in [1.29, 1.82) is 0 Å². The zero-order valence-corrected chi connectivity index (χ0v) is 13.8. The molecule has 1 aromatic carbocycles.